The van der Waals surface area contributed by atoms with Gasteiger partial charge in [0.1, 0.15) is 5.92 Å². The van der Waals surface area contributed by atoms with Crippen molar-refractivity contribution in [2.24, 2.45) is 5.92 Å². The van der Waals surface area contributed by atoms with Crippen LogP contribution in [0, 0.1) is 17.2 Å². The van der Waals surface area contributed by atoms with E-state index in [2.05, 4.69) is 0 Å². The molecule has 0 spiro atoms. The first kappa shape index (κ1) is 7.77. The summed E-state index contributed by atoms with van der Waals surface area (Å²) in [6, 6.07) is 5.92. The minimum atomic E-state index is -0.478. The summed E-state index contributed by atoms with van der Waals surface area (Å²) in [5.41, 5.74) is 1.77. The third kappa shape index (κ3) is 0.777. The van der Waals surface area contributed by atoms with Crippen molar-refractivity contribution < 1.29 is 4.79 Å². The molecule has 1 atom stereocenters. The van der Waals surface area contributed by atoms with Crippen molar-refractivity contribution in [3.8, 4) is 6.07 Å². The number of nitrogens with zero attached hydrogens (tertiary/aromatic N) is 2. The molecule has 1 unspecified atom stereocenters. The number of ketones is 1. The summed E-state index contributed by atoms with van der Waals surface area (Å²) in [5, 5.41) is 10.8. The number of fused-ring (bicyclic) bond motifs is 3. The summed E-state index contributed by atoms with van der Waals surface area (Å²) >= 11 is 1.63. The monoisotopic (exact) mass is 202 g/mol. The van der Waals surface area contributed by atoms with Gasteiger partial charge in [-0.3, -0.25) is 4.79 Å². The number of nitriles is 1. The van der Waals surface area contributed by atoms with Crippen molar-refractivity contribution in [3.05, 3.63) is 23.2 Å². The first-order chi connectivity index (χ1) is 6.81. The highest BCUT2D eigenvalue weighted by molar-refractivity contribution is 7.17. The predicted molar refractivity (Wildman–Crippen MR) is 53.2 cm³/mol. The van der Waals surface area contributed by atoms with Crippen molar-refractivity contribution >= 4 is 27.3 Å². The summed E-state index contributed by atoms with van der Waals surface area (Å²) in [6.45, 7) is 0.519. The fourth-order valence-corrected chi connectivity index (χ4v) is 2.74. The first-order valence-electron chi connectivity index (χ1n) is 4.32. The van der Waals surface area contributed by atoms with Crippen LogP contribution >= 0.6 is 11.3 Å². The molecule has 3 rings (SSSR count). The molecule has 0 bridgehead atoms. The molecule has 0 N–H and O–H groups in total. The number of carbonyl (C=O) groups is 1. The van der Waals surface area contributed by atoms with E-state index in [4.69, 9.17) is 5.26 Å². The lowest BCUT2D eigenvalue weighted by Gasteiger charge is -1.95. The second-order valence-corrected chi connectivity index (χ2v) is 4.30. The minimum Gasteiger partial charge on any atom is -0.336 e. The van der Waals surface area contributed by atoms with Crippen molar-refractivity contribution in [2.75, 3.05) is 0 Å². The summed E-state index contributed by atoms with van der Waals surface area (Å²) in [5.74, 6) is -0.509. The molecule has 1 aliphatic rings. The highest BCUT2D eigenvalue weighted by atomic mass is 32.1. The Morgan fingerprint density at radius 1 is 1.64 bits per heavy atom. The van der Waals surface area contributed by atoms with Gasteiger partial charge in [0, 0.05) is 6.54 Å². The van der Waals surface area contributed by atoms with Gasteiger partial charge in [-0.2, -0.15) is 5.26 Å². The molecule has 4 heteroatoms. The number of Topliss-reactive ketones (excluding diaryl/α,β-unsaturated/α-hetero) is 1. The van der Waals surface area contributed by atoms with E-state index in [0.717, 1.165) is 10.2 Å². The summed E-state index contributed by atoms with van der Waals surface area (Å²) < 4.78 is 3.08. The van der Waals surface area contributed by atoms with Crippen LogP contribution in [0.4, 0.5) is 0 Å². The molecule has 2 aromatic heterocycles. The SMILES string of the molecule is N#CC1Cn2c(cc3sccc32)C1=O. The van der Waals surface area contributed by atoms with Gasteiger partial charge in [0.2, 0.25) is 0 Å². The zero-order valence-corrected chi connectivity index (χ0v) is 8.04. The second-order valence-electron chi connectivity index (χ2n) is 3.36. The van der Waals surface area contributed by atoms with Crippen LogP contribution in [0.1, 0.15) is 10.5 Å². The number of hydrogen-bond donors (Lipinski definition) is 0. The van der Waals surface area contributed by atoms with Gasteiger partial charge in [0.15, 0.2) is 5.78 Å². The Hall–Kier alpha value is -1.60. The number of carbonyl (C=O) groups excluding carboxylic acids is 1. The van der Waals surface area contributed by atoms with Crippen LogP contribution in [0.15, 0.2) is 17.5 Å². The number of aromatic nitrogens is 1. The number of rotatable bonds is 0. The molecule has 0 saturated carbocycles. The smallest absolute Gasteiger partial charge is 0.198 e. The maximum absolute atomic E-state index is 11.7. The van der Waals surface area contributed by atoms with Crippen LogP contribution in [-0.4, -0.2) is 10.4 Å². The van der Waals surface area contributed by atoms with Gasteiger partial charge >= 0.3 is 0 Å². The van der Waals surface area contributed by atoms with Crippen LogP contribution in [0.2, 0.25) is 0 Å². The molecule has 0 aromatic carbocycles. The van der Waals surface area contributed by atoms with Crippen molar-refractivity contribution in [1.82, 2.24) is 4.57 Å². The van der Waals surface area contributed by atoms with Crippen molar-refractivity contribution in [1.29, 1.82) is 5.26 Å². The molecule has 2 aromatic rings. The highest BCUT2D eigenvalue weighted by Gasteiger charge is 2.32. The van der Waals surface area contributed by atoms with Gasteiger partial charge in [-0.25, -0.2) is 0 Å². The zero-order valence-electron chi connectivity index (χ0n) is 7.23. The van der Waals surface area contributed by atoms with E-state index in [1.165, 1.54) is 0 Å². The van der Waals surface area contributed by atoms with Gasteiger partial charge < -0.3 is 4.57 Å². The molecule has 0 saturated heterocycles. The van der Waals surface area contributed by atoms with Crippen LogP contribution in [0.5, 0.6) is 0 Å². The molecule has 0 aliphatic carbocycles. The molecule has 14 heavy (non-hydrogen) atoms. The molecule has 0 amide bonds. The molecule has 3 nitrogen and oxygen atoms in total. The summed E-state index contributed by atoms with van der Waals surface area (Å²) in [6.07, 6.45) is 0. The average Bonchev–Trinajstić information content (AvgIpc) is 2.78. The molecule has 1 aliphatic heterocycles. The Morgan fingerprint density at radius 2 is 2.50 bits per heavy atom. The van der Waals surface area contributed by atoms with E-state index < -0.39 is 5.92 Å². The molecular weight excluding hydrogens is 196 g/mol. The normalized spacial score (nSPS) is 19.9. The van der Waals surface area contributed by atoms with Gasteiger partial charge in [0.05, 0.1) is 22.0 Å². The lowest BCUT2D eigenvalue weighted by molar-refractivity contribution is 0.0963. The Kier molecular flexibility index (Phi) is 1.36. The molecule has 0 radical (unpaired) electrons. The molecule has 0 fully saturated rings. The summed E-state index contributed by atoms with van der Waals surface area (Å²) in [4.78, 5) is 11.7. The van der Waals surface area contributed by atoms with E-state index >= 15 is 0 Å². The first-order valence-corrected chi connectivity index (χ1v) is 5.20. The van der Waals surface area contributed by atoms with Crippen LogP contribution < -0.4 is 0 Å². The Morgan fingerprint density at radius 3 is 3.29 bits per heavy atom. The average molecular weight is 202 g/mol. The predicted octanol–water partition coefficient (Wildman–Crippen LogP) is 2.04. The highest BCUT2D eigenvalue weighted by Crippen LogP contribution is 2.31. The van der Waals surface area contributed by atoms with Gasteiger partial charge in [-0.05, 0) is 17.5 Å². The van der Waals surface area contributed by atoms with Crippen LogP contribution in [0.3, 0.4) is 0 Å². The number of thiophene rings is 1. The fourth-order valence-electron chi connectivity index (χ4n) is 1.92. The quantitative estimate of drug-likeness (QED) is 0.656. The lowest BCUT2D eigenvalue weighted by atomic mass is 10.1. The van der Waals surface area contributed by atoms with E-state index in [9.17, 15) is 4.79 Å². The Bertz CT molecular complexity index is 572. The molecule has 3 heterocycles. The topological polar surface area (TPSA) is 45.8 Å². The van der Waals surface area contributed by atoms with Gasteiger partial charge in [-0.15, -0.1) is 11.3 Å². The maximum atomic E-state index is 11.7. The Labute approximate surface area is 84.2 Å². The third-order valence-electron chi connectivity index (χ3n) is 2.61. The van der Waals surface area contributed by atoms with Gasteiger partial charge in [-0.1, -0.05) is 0 Å². The Balaban J connectivity index is 2.29. The largest absolute Gasteiger partial charge is 0.336 e. The standard InChI is InChI=1S/C10H6N2OS/c11-4-6-5-12-7-1-2-14-9(7)3-8(12)10(6)13/h1-3,6H,5H2. The lowest BCUT2D eigenvalue weighted by Crippen LogP contribution is -2.05. The van der Waals surface area contributed by atoms with Crippen LogP contribution in [-0.2, 0) is 6.54 Å². The van der Waals surface area contributed by atoms with Crippen molar-refractivity contribution in [3.63, 3.8) is 0 Å². The van der Waals surface area contributed by atoms with Gasteiger partial charge in [0.25, 0.3) is 0 Å². The van der Waals surface area contributed by atoms with E-state index in [-0.39, 0.29) is 5.78 Å². The minimum absolute atomic E-state index is 0.0316. The fraction of sp³-hybridized carbons (Fsp3) is 0.200. The van der Waals surface area contributed by atoms with Crippen LogP contribution in [0.25, 0.3) is 10.2 Å². The number of hydrogen-bond acceptors (Lipinski definition) is 3. The van der Waals surface area contributed by atoms with E-state index in [0.29, 0.717) is 12.2 Å². The second kappa shape index (κ2) is 2.46. The third-order valence-corrected chi connectivity index (χ3v) is 3.47. The zero-order chi connectivity index (χ0) is 9.71. The van der Waals surface area contributed by atoms with Crippen molar-refractivity contribution in [2.45, 2.75) is 6.54 Å². The molecular formula is C10H6N2OS. The maximum Gasteiger partial charge on any atom is 0.198 e. The van der Waals surface area contributed by atoms with E-state index in [1.807, 2.05) is 28.1 Å². The van der Waals surface area contributed by atoms with E-state index in [1.54, 1.807) is 11.3 Å². The molecule has 68 valence electrons. The summed E-state index contributed by atoms with van der Waals surface area (Å²) in [7, 11) is 0.